The second-order valence-corrected chi connectivity index (χ2v) is 7.06. The summed E-state index contributed by atoms with van der Waals surface area (Å²) in [5.41, 5.74) is 0.613. The molecule has 0 spiro atoms. The van der Waals surface area contributed by atoms with Crippen LogP contribution in [0, 0.1) is 17.1 Å². The molecule has 0 radical (unpaired) electrons. The lowest BCUT2D eigenvalue weighted by Crippen LogP contribution is -2.27. The molecule has 2 rings (SSSR count). The third-order valence-electron chi connectivity index (χ3n) is 2.87. The van der Waals surface area contributed by atoms with Gasteiger partial charge >= 0.3 is 0 Å². The maximum absolute atomic E-state index is 13.9. The molecule has 0 saturated carbocycles. The Bertz CT molecular complexity index is 831. The average Bonchev–Trinajstić information content (AvgIpc) is 2.46. The van der Waals surface area contributed by atoms with Gasteiger partial charge in [-0.3, -0.25) is 4.31 Å². The quantitative estimate of drug-likeness (QED) is 0.834. The first kappa shape index (κ1) is 15.5. The van der Waals surface area contributed by atoms with Crippen LogP contribution in [0.1, 0.15) is 5.56 Å². The van der Waals surface area contributed by atoms with E-state index in [0.29, 0.717) is 10.0 Å². The van der Waals surface area contributed by atoms with Gasteiger partial charge in [0, 0.05) is 11.5 Å². The fourth-order valence-corrected chi connectivity index (χ4v) is 3.31. The lowest BCUT2D eigenvalue weighted by atomic mass is 10.2. The molecule has 0 aliphatic rings. The summed E-state index contributed by atoms with van der Waals surface area (Å²) in [5, 5.41) is 8.86. The van der Waals surface area contributed by atoms with Gasteiger partial charge in [0.15, 0.2) is 0 Å². The molecular formula is C14H10BrFN2O2S. The molecule has 0 N–H and O–H groups in total. The van der Waals surface area contributed by atoms with Crippen LogP contribution in [0.2, 0.25) is 0 Å². The molecule has 0 bridgehead atoms. The summed E-state index contributed by atoms with van der Waals surface area (Å²) in [7, 11) is -2.72. The predicted molar refractivity (Wildman–Crippen MR) is 80.8 cm³/mol. The summed E-state index contributed by atoms with van der Waals surface area (Å²) in [6.07, 6.45) is 0. The highest BCUT2D eigenvalue weighted by atomic mass is 79.9. The minimum absolute atomic E-state index is 0.288. The molecule has 0 unspecified atom stereocenters. The van der Waals surface area contributed by atoms with Crippen LogP contribution in [0.5, 0.6) is 0 Å². The number of nitriles is 1. The molecule has 0 fully saturated rings. The first-order valence-corrected chi connectivity index (χ1v) is 8.03. The van der Waals surface area contributed by atoms with Crippen molar-refractivity contribution in [2.45, 2.75) is 4.90 Å². The molecule has 0 heterocycles. The monoisotopic (exact) mass is 368 g/mol. The highest BCUT2D eigenvalue weighted by molar-refractivity contribution is 9.10. The van der Waals surface area contributed by atoms with E-state index in [4.69, 9.17) is 5.26 Å². The number of benzene rings is 2. The second-order valence-electron chi connectivity index (χ2n) is 4.21. The molecule has 4 nitrogen and oxygen atoms in total. The minimum Gasteiger partial charge on any atom is -0.269 e. The summed E-state index contributed by atoms with van der Waals surface area (Å²) < 4.78 is 40.2. The van der Waals surface area contributed by atoms with Crippen molar-refractivity contribution in [1.82, 2.24) is 0 Å². The van der Waals surface area contributed by atoms with Gasteiger partial charge in [-0.15, -0.1) is 0 Å². The summed E-state index contributed by atoms with van der Waals surface area (Å²) >= 11 is 3.08. The Morgan fingerprint density at radius 1 is 1.24 bits per heavy atom. The predicted octanol–water partition coefficient (Wildman–Crippen LogP) is 3.28. The van der Waals surface area contributed by atoms with E-state index in [-0.39, 0.29) is 5.69 Å². The SMILES string of the molecule is CN(c1cccc(C#N)c1)S(=O)(=O)c1ccc(Br)cc1F. The molecule has 108 valence electrons. The fourth-order valence-electron chi connectivity index (χ4n) is 1.74. The Kier molecular flexibility index (Phi) is 4.30. The largest absolute Gasteiger partial charge is 0.269 e. The number of rotatable bonds is 3. The van der Waals surface area contributed by atoms with Gasteiger partial charge in [-0.05, 0) is 36.4 Å². The summed E-state index contributed by atoms with van der Waals surface area (Å²) in [4.78, 5) is -0.421. The van der Waals surface area contributed by atoms with E-state index in [1.807, 2.05) is 6.07 Å². The maximum atomic E-state index is 13.9. The first-order valence-electron chi connectivity index (χ1n) is 5.80. The number of halogens is 2. The van der Waals surface area contributed by atoms with Crippen molar-refractivity contribution >= 4 is 31.6 Å². The van der Waals surface area contributed by atoms with E-state index in [1.54, 1.807) is 12.1 Å². The van der Waals surface area contributed by atoms with Crippen molar-refractivity contribution in [3.8, 4) is 6.07 Å². The van der Waals surface area contributed by atoms with Crippen LogP contribution in [-0.2, 0) is 10.0 Å². The smallest absolute Gasteiger partial charge is 0.266 e. The normalized spacial score (nSPS) is 11.0. The highest BCUT2D eigenvalue weighted by Gasteiger charge is 2.25. The Morgan fingerprint density at radius 3 is 2.57 bits per heavy atom. The van der Waals surface area contributed by atoms with E-state index < -0.39 is 20.7 Å². The number of hydrogen-bond donors (Lipinski definition) is 0. The van der Waals surface area contributed by atoms with E-state index in [2.05, 4.69) is 15.9 Å². The zero-order valence-electron chi connectivity index (χ0n) is 10.9. The Labute approximate surface area is 130 Å². The van der Waals surface area contributed by atoms with Crippen LogP contribution in [0.3, 0.4) is 0 Å². The maximum Gasteiger partial charge on any atom is 0.266 e. The Balaban J connectivity index is 2.50. The van der Waals surface area contributed by atoms with Gasteiger partial charge in [0.25, 0.3) is 10.0 Å². The van der Waals surface area contributed by atoms with E-state index in [0.717, 1.165) is 10.4 Å². The standard InChI is InChI=1S/C14H10BrFN2O2S/c1-18(12-4-2-3-10(7-12)9-17)21(19,20)14-6-5-11(15)8-13(14)16/h2-8H,1H3. The Hall–Kier alpha value is -1.91. The Morgan fingerprint density at radius 2 is 1.95 bits per heavy atom. The molecular weight excluding hydrogens is 359 g/mol. The van der Waals surface area contributed by atoms with E-state index >= 15 is 0 Å². The van der Waals surface area contributed by atoms with Gasteiger partial charge in [0.05, 0.1) is 17.3 Å². The van der Waals surface area contributed by atoms with Crippen LogP contribution in [0.25, 0.3) is 0 Å². The lowest BCUT2D eigenvalue weighted by Gasteiger charge is -2.20. The summed E-state index contributed by atoms with van der Waals surface area (Å²) in [6.45, 7) is 0. The molecule has 2 aromatic carbocycles. The number of hydrogen-bond acceptors (Lipinski definition) is 3. The number of sulfonamides is 1. The van der Waals surface area contributed by atoms with Gasteiger partial charge < -0.3 is 0 Å². The van der Waals surface area contributed by atoms with Crippen LogP contribution < -0.4 is 4.31 Å². The fraction of sp³-hybridized carbons (Fsp3) is 0.0714. The van der Waals surface area contributed by atoms with Crippen LogP contribution in [-0.4, -0.2) is 15.5 Å². The van der Waals surface area contributed by atoms with Gasteiger partial charge in [-0.1, -0.05) is 22.0 Å². The van der Waals surface area contributed by atoms with Crippen molar-refractivity contribution in [3.05, 3.63) is 58.3 Å². The van der Waals surface area contributed by atoms with Crippen LogP contribution in [0.15, 0.2) is 51.8 Å². The van der Waals surface area contributed by atoms with Crippen LogP contribution in [0.4, 0.5) is 10.1 Å². The van der Waals surface area contributed by atoms with Gasteiger partial charge in [0.1, 0.15) is 10.7 Å². The van der Waals surface area contributed by atoms with Gasteiger partial charge in [-0.25, -0.2) is 12.8 Å². The molecule has 0 aromatic heterocycles. The molecule has 21 heavy (non-hydrogen) atoms. The first-order chi connectivity index (χ1) is 9.86. The third kappa shape index (κ3) is 3.06. The van der Waals surface area contributed by atoms with Crippen molar-refractivity contribution in [2.75, 3.05) is 11.4 Å². The molecule has 0 saturated heterocycles. The molecule has 0 aliphatic heterocycles. The zero-order valence-corrected chi connectivity index (χ0v) is 13.3. The molecule has 0 amide bonds. The second kappa shape index (κ2) is 5.84. The average molecular weight is 369 g/mol. The highest BCUT2D eigenvalue weighted by Crippen LogP contribution is 2.26. The third-order valence-corrected chi connectivity index (χ3v) is 5.18. The van der Waals surface area contributed by atoms with E-state index in [9.17, 15) is 12.8 Å². The van der Waals surface area contributed by atoms with E-state index in [1.165, 1.54) is 31.3 Å². The molecule has 2 aromatic rings. The van der Waals surface area contributed by atoms with Crippen molar-refractivity contribution < 1.29 is 12.8 Å². The van der Waals surface area contributed by atoms with Crippen LogP contribution >= 0.6 is 15.9 Å². The molecule has 0 atom stereocenters. The molecule has 0 aliphatic carbocycles. The molecule has 7 heteroatoms. The van der Waals surface area contributed by atoms with Gasteiger partial charge in [-0.2, -0.15) is 5.26 Å². The number of nitrogens with zero attached hydrogens (tertiary/aromatic N) is 2. The zero-order chi connectivity index (χ0) is 15.6. The topological polar surface area (TPSA) is 61.2 Å². The van der Waals surface area contributed by atoms with Gasteiger partial charge in [0.2, 0.25) is 0 Å². The minimum atomic E-state index is -4.04. The van der Waals surface area contributed by atoms with Crippen molar-refractivity contribution in [3.63, 3.8) is 0 Å². The number of anilines is 1. The van der Waals surface area contributed by atoms with Crippen molar-refractivity contribution in [1.29, 1.82) is 5.26 Å². The lowest BCUT2D eigenvalue weighted by molar-refractivity contribution is 0.565. The summed E-state index contributed by atoms with van der Waals surface area (Å²) in [5.74, 6) is -0.840. The van der Waals surface area contributed by atoms with Crippen molar-refractivity contribution in [2.24, 2.45) is 0 Å². The summed E-state index contributed by atoms with van der Waals surface area (Å²) in [6, 6.07) is 11.8.